The molecule has 0 atom stereocenters. The maximum atomic E-state index is 11.1. The Kier molecular flexibility index (Phi) is 21.9. The van der Waals surface area contributed by atoms with Gasteiger partial charge >= 0.3 is 35.5 Å². The molecule has 5 heteroatoms. The van der Waals surface area contributed by atoms with Crippen LogP contribution in [0.1, 0.15) is 96.8 Å². The second-order valence-electron chi connectivity index (χ2n) is 5.98. The van der Waals surface area contributed by atoms with Crippen LogP contribution >= 0.6 is 0 Å². The van der Waals surface area contributed by atoms with Gasteiger partial charge in [-0.2, -0.15) is 0 Å². The molecule has 0 fully saturated rings. The Balaban J connectivity index is 0. The van der Waals surface area contributed by atoms with Crippen molar-refractivity contribution < 1.29 is 49.0 Å². The summed E-state index contributed by atoms with van der Waals surface area (Å²) in [5, 5.41) is 10.2. The van der Waals surface area contributed by atoms with Crippen molar-refractivity contribution in [2.24, 2.45) is 0 Å². The summed E-state index contributed by atoms with van der Waals surface area (Å²) >= 11 is 0. The molecule has 0 saturated carbocycles. The molecule has 0 unspecified atom stereocenters. The van der Waals surface area contributed by atoms with Gasteiger partial charge in [-0.15, -0.1) is 0 Å². The summed E-state index contributed by atoms with van der Waals surface area (Å²) in [5.74, 6) is -1.64. The first kappa shape index (κ1) is 25.2. The van der Waals surface area contributed by atoms with Crippen molar-refractivity contribution in [3.63, 3.8) is 0 Å². The molecule has 0 amide bonds. The van der Waals surface area contributed by atoms with Gasteiger partial charge in [0.2, 0.25) is 0 Å². The number of esters is 1. The fourth-order valence-corrected chi connectivity index (χ4v) is 2.41. The standard InChI is InChI=1S/C18H34O4.Na/c1-2-3-4-5-6-7-8-9-10-11-12-13-16-22-18(21)15-14-17(19)20;/h2-16H2,1H3,(H,19,20);/q;+1/p-1. The number of carboxylic acids is 1. The third kappa shape index (κ3) is 21.9. The Morgan fingerprint density at radius 3 is 1.61 bits per heavy atom. The molecule has 0 saturated heterocycles. The molecule has 0 aliphatic carbocycles. The topological polar surface area (TPSA) is 66.4 Å². The van der Waals surface area contributed by atoms with Gasteiger partial charge in [-0.3, -0.25) is 4.79 Å². The maximum Gasteiger partial charge on any atom is 1.00 e. The summed E-state index contributed by atoms with van der Waals surface area (Å²) in [6, 6.07) is 0. The zero-order chi connectivity index (χ0) is 16.5. The predicted molar refractivity (Wildman–Crippen MR) is 86.3 cm³/mol. The molecule has 0 bridgehead atoms. The van der Waals surface area contributed by atoms with Gasteiger partial charge in [0.15, 0.2) is 0 Å². The normalized spacial score (nSPS) is 10.1. The van der Waals surface area contributed by atoms with Crippen molar-refractivity contribution in [1.82, 2.24) is 0 Å². The van der Waals surface area contributed by atoms with Gasteiger partial charge in [0.05, 0.1) is 13.0 Å². The quantitative estimate of drug-likeness (QED) is 0.237. The van der Waals surface area contributed by atoms with Gasteiger partial charge in [-0.05, 0) is 12.8 Å². The minimum Gasteiger partial charge on any atom is -0.550 e. The van der Waals surface area contributed by atoms with Crippen LogP contribution in [0.5, 0.6) is 0 Å². The van der Waals surface area contributed by atoms with Crippen LogP contribution in [0, 0.1) is 0 Å². The van der Waals surface area contributed by atoms with Crippen LogP contribution in [0.15, 0.2) is 0 Å². The number of carbonyl (C=O) groups is 2. The summed E-state index contributed by atoms with van der Waals surface area (Å²) in [6.45, 7) is 2.65. The number of hydrogen-bond acceptors (Lipinski definition) is 4. The van der Waals surface area contributed by atoms with Gasteiger partial charge in [0.25, 0.3) is 0 Å². The van der Waals surface area contributed by atoms with Crippen molar-refractivity contribution in [2.75, 3.05) is 6.61 Å². The number of carbonyl (C=O) groups excluding carboxylic acids is 2. The van der Waals surface area contributed by atoms with Crippen LogP contribution in [0.2, 0.25) is 0 Å². The third-order valence-electron chi connectivity index (χ3n) is 3.79. The molecule has 0 radical (unpaired) electrons. The van der Waals surface area contributed by atoms with Gasteiger partial charge in [-0.25, -0.2) is 0 Å². The van der Waals surface area contributed by atoms with Gasteiger partial charge < -0.3 is 14.6 Å². The molecule has 0 aromatic carbocycles. The molecular formula is C18H33NaO4. The first-order valence-corrected chi connectivity index (χ1v) is 9.02. The van der Waals surface area contributed by atoms with E-state index in [1.807, 2.05) is 0 Å². The Labute approximate surface area is 164 Å². The molecule has 0 spiro atoms. The van der Waals surface area contributed by atoms with Crippen LogP contribution in [0.25, 0.3) is 0 Å². The van der Waals surface area contributed by atoms with E-state index in [4.69, 9.17) is 4.74 Å². The van der Waals surface area contributed by atoms with Crippen molar-refractivity contribution in [3.8, 4) is 0 Å². The minimum atomic E-state index is -1.21. The van der Waals surface area contributed by atoms with Gasteiger partial charge in [-0.1, -0.05) is 77.6 Å². The summed E-state index contributed by atoms with van der Waals surface area (Å²) in [5.41, 5.74) is 0. The Bertz CT molecular complexity index is 282. The third-order valence-corrected chi connectivity index (χ3v) is 3.79. The zero-order valence-electron chi connectivity index (χ0n) is 15.2. The first-order valence-electron chi connectivity index (χ1n) is 9.02. The predicted octanol–water partition coefficient (Wildman–Crippen LogP) is 0.765. The Hall–Kier alpha value is -0.0600. The smallest absolute Gasteiger partial charge is 0.550 e. The van der Waals surface area contributed by atoms with Crippen molar-refractivity contribution in [2.45, 2.75) is 96.8 Å². The summed E-state index contributed by atoms with van der Waals surface area (Å²) in [7, 11) is 0. The van der Waals surface area contributed by atoms with E-state index in [1.54, 1.807) is 0 Å². The molecule has 23 heavy (non-hydrogen) atoms. The number of hydrogen-bond donors (Lipinski definition) is 0. The van der Waals surface area contributed by atoms with E-state index >= 15 is 0 Å². The van der Waals surface area contributed by atoms with Crippen molar-refractivity contribution in [1.29, 1.82) is 0 Å². The average molecular weight is 336 g/mol. The minimum absolute atomic E-state index is 0. The van der Waals surface area contributed by atoms with Gasteiger partial charge in [0, 0.05) is 5.97 Å². The van der Waals surface area contributed by atoms with Crippen LogP contribution in [-0.2, 0) is 14.3 Å². The van der Waals surface area contributed by atoms with E-state index in [2.05, 4.69) is 6.92 Å². The van der Waals surface area contributed by atoms with Crippen LogP contribution in [0.3, 0.4) is 0 Å². The molecule has 0 N–H and O–H groups in total. The monoisotopic (exact) mass is 336 g/mol. The Morgan fingerprint density at radius 1 is 0.739 bits per heavy atom. The number of ether oxygens (including phenoxy) is 1. The molecule has 130 valence electrons. The SMILES string of the molecule is CCCCCCCCCCCCCCOC(=O)CCC(=O)[O-].[Na+]. The van der Waals surface area contributed by atoms with Crippen LogP contribution in [-0.4, -0.2) is 18.5 Å². The number of unbranched alkanes of at least 4 members (excludes halogenated alkanes) is 11. The maximum absolute atomic E-state index is 11.1. The van der Waals surface area contributed by atoms with Crippen LogP contribution < -0.4 is 34.7 Å². The summed E-state index contributed by atoms with van der Waals surface area (Å²) < 4.78 is 4.95. The van der Waals surface area contributed by atoms with Crippen molar-refractivity contribution >= 4 is 11.9 Å². The van der Waals surface area contributed by atoms with Crippen LogP contribution in [0.4, 0.5) is 0 Å². The number of rotatable bonds is 16. The average Bonchev–Trinajstić information content (AvgIpc) is 2.49. The second-order valence-corrected chi connectivity index (χ2v) is 5.98. The molecular weight excluding hydrogens is 303 g/mol. The van der Waals surface area contributed by atoms with E-state index in [1.165, 1.54) is 64.2 Å². The molecule has 0 aromatic rings. The van der Waals surface area contributed by atoms with E-state index < -0.39 is 11.9 Å². The summed E-state index contributed by atoms with van der Waals surface area (Å²) in [4.78, 5) is 21.3. The number of aliphatic carboxylic acids is 1. The van der Waals surface area contributed by atoms with E-state index in [-0.39, 0.29) is 42.4 Å². The van der Waals surface area contributed by atoms with E-state index in [0.29, 0.717) is 6.61 Å². The molecule has 0 aromatic heterocycles. The fraction of sp³-hybridized carbons (Fsp3) is 0.889. The van der Waals surface area contributed by atoms with E-state index in [0.717, 1.165) is 12.8 Å². The Morgan fingerprint density at radius 2 is 1.17 bits per heavy atom. The molecule has 0 rings (SSSR count). The fourth-order valence-electron chi connectivity index (χ4n) is 2.41. The van der Waals surface area contributed by atoms with Gasteiger partial charge in [0.1, 0.15) is 0 Å². The molecule has 0 aliphatic rings. The molecule has 0 heterocycles. The largest absolute Gasteiger partial charge is 1.00 e. The summed E-state index contributed by atoms with van der Waals surface area (Å²) in [6.07, 6.45) is 14.9. The second kappa shape index (κ2) is 20.0. The zero-order valence-corrected chi connectivity index (χ0v) is 17.2. The van der Waals surface area contributed by atoms with E-state index in [9.17, 15) is 14.7 Å². The number of carboxylic acid groups (broad SMARTS) is 1. The molecule has 4 nitrogen and oxygen atoms in total. The molecule has 0 aliphatic heterocycles. The first-order chi connectivity index (χ1) is 10.7. The van der Waals surface area contributed by atoms with Crippen molar-refractivity contribution in [3.05, 3.63) is 0 Å².